The number of amides is 1. The smallest absolute Gasteiger partial charge is 0.255 e. The second kappa shape index (κ2) is 7.94. The fourth-order valence-corrected chi connectivity index (χ4v) is 3.54. The van der Waals surface area contributed by atoms with E-state index in [-0.39, 0.29) is 16.5 Å². The maximum absolute atomic E-state index is 14.8. The van der Waals surface area contributed by atoms with Gasteiger partial charge in [0.25, 0.3) is 5.91 Å². The maximum Gasteiger partial charge on any atom is 0.255 e. The van der Waals surface area contributed by atoms with Crippen molar-refractivity contribution in [1.29, 1.82) is 0 Å². The van der Waals surface area contributed by atoms with Crippen LogP contribution in [-0.4, -0.2) is 47.0 Å². The van der Waals surface area contributed by atoms with E-state index in [1.54, 1.807) is 47.6 Å². The summed E-state index contributed by atoms with van der Waals surface area (Å²) < 4.78 is 14.8. The Balaban J connectivity index is 1.51. The second-order valence-electron chi connectivity index (χ2n) is 6.48. The second-order valence-corrected chi connectivity index (χ2v) is 6.86. The number of aromatic nitrogens is 2. The van der Waals surface area contributed by atoms with E-state index >= 15 is 0 Å². The van der Waals surface area contributed by atoms with Gasteiger partial charge >= 0.3 is 0 Å². The fourth-order valence-electron chi connectivity index (χ4n) is 3.29. The standard InChI is InChI=1S/C21H18ClFN4O/c22-18-17(8-7-16(19(18)23)15-5-2-1-3-6-15)20(28)26-11-13-27(14-12-26)21-24-9-4-10-25-21/h1-10H,11-14H2. The van der Waals surface area contributed by atoms with E-state index < -0.39 is 5.82 Å². The monoisotopic (exact) mass is 396 g/mol. The number of piperazine rings is 1. The van der Waals surface area contributed by atoms with Crippen LogP contribution in [0.15, 0.2) is 60.9 Å². The van der Waals surface area contributed by atoms with E-state index in [1.165, 1.54) is 0 Å². The van der Waals surface area contributed by atoms with Gasteiger partial charge in [-0.1, -0.05) is 48.0 Å². The summed E-state index contributed by atoms with van der Waals surface area (Å²) in [7, 11) is 0. The normalized spacial score (nSPS) is 14.2. The molecule has 4 rings (SSSR count). The van der Waals surface area contributed by atoms with Gasteiger partial charge in [0.1, 0.15) is 5.82 Å². The molecule has 1 fully saturated rings. The molecule has 0 bridgehead atoms. The molecule has 2 heterocycles. The van der Waals surface area contributed by atoms with Gasteiger partial charge in [0.2, 0.25) is 5.95 Å². The Morgan fingerprint density at radius 1 is 0.929 bits per heavy atom. The zero-order chi connectivity index (χ0) is 19.5. The SMILES string of the molecule is O=C(c1ccc(-c2ccccc2)c(F)c1Cl)N1CCN(c2ncccn2)CC1. The number of carbonyl (C=O) groups excluding carboxylic acids is 1. The maximum atomic E-state index is 14.8. The lowest BCUT2D eigenvalue weighted by Crippen LogP contribution is -2.49. The molecule has 1 aliphatic rings. The molecule has 5 nitrogen and oxygen atoms in total. The summed E-state index contributed by atoms with van der Waals surface area (Å²) in [5, 5.41) is -0.139. The van der Waals surface area contributed by atoms with Gasteiger partial charge < -0.3 is 9.80 Å². The molecule has 1 aromatic heterocycles. The third kappa shape index (κ3) is 3.55. The van der Waals surface area contributed by atoms with Crippen LogP contribution in [0.3, 0.4) is 0 Å². The van der Waals surface area contributed by atoms with Crippen LogP contribution in [-0.2, 0) is 0 Å². The van der Waals surface area contributed by atoms with Gasteiger partial charge in [-0.2, -0.15) is 0 Å². The van der Waals surface area contributed by atoms with Gasteiger partial charge in [0.15, 0.2) is 0 Å². The first-order valence-corrected chi connectivity index (χ1v) is 9.37. The van der Waals surface area contributed by atoms with Gasteiger partial charge in [-0.3, -0.25) is 4.79 Å². The molecule has 0 unspecified atom stereocenters. The lowest BCUT2D eigenvalue weighted by Gasteiger charge is -2.34. The number of benzene rings is 2. The molecule has 2 aromatic carbocycles. The molecular weight excluding hydrogens is 379 g/mol. The number of hydrogen-bond acceptors (Lipinski definition) is 4. The van der Waals surface area contributed by atoms with Crippen LogP contribution in [0.5, 0.6) is 0 Å². The van der Waals surface area contributed by atoms with Gasteiger partial charge in [0.05, 0.1) is 10.6 Å². The van der Waals surface area contributed by atoms with Crippen molar-refractivity contribution < 1.29 is 9.18 Å². The van der Waals surface area contributed by atoms with E-state index in [0.717, 1.165) is 5.56 Å². The minimum Gasteiger partial charge on any atom is -0.337 e. The van der Waals surface area contributed by atoms with Gasteiger partial charge in [-0.25, -0.2) is 14.4 Å². The Hall–Kier alpha value is -2.99. The summed E-state index contributed by atoms with van der Waals surface area (Å²) >= 11 is 6.23. The highest BCUT2D eigenvalue weighted by Gasteiger charge is 2.26. The van der Waals surface area contributed by atoms with E-state index in [2.05, 4.69) is 9.97 Å². The van der Waals surface area contributed by atoms with Gasteiger partial charge in [0, 0.05) is 44.1 Å². The third-order valence-corrected chi connectivity index (χ3v) is 5.17. The van der Waals surface area contributed by atoms with E-state index in [9.17, 15) is 9.18 Å². The van der Waals surface area contributed by atoms with Crippen LogP contribution in [0.2, 0.25) is 5.02 Å². The zero-order valence-electron chi connectivity index (χ0n) is 15.1. The van der Waals surface area contributed by atoms with Crippen molar-refractivity contribution >= 4 is 23.5 Å². The van der Waals surface area contributed by atoms with Crippen LogP contribution in [0.1, 0.15) is 10.4 Å². The number of halogens is 2. The van der Waals surface area contributed by atoms with Crippen LogP contribution in [0.25, 0.3) is 11.1 Å². The van der Waals surface area contributed by atoms with Crippen LogP contribution in [0, 0.1) is 5.82 Å². The van der Waals surface area contributed by atoms with Crippen LogP contribution >= 0.6 is 11.6 Å². The van der Waals surface area contributed by atoms with Crippen LogP contribution < -0.4 is 4.90 Å². The van der Waals surface area contributed by atoms with Crippen LogP contribution in [0.4, 0.5) is 10.3 Å². The summed E-state index contributed by atoms with van der Waals surface area (Å²) in [6.45, 7) is 2.21. The average Bonchev–Trinajstić information content (AvgIpc) is 2.76. The molecule has 0 atom stereocenters. The molecule has 0 saturated carbocycles. The molecule has 0 N–H and O–H groups in total. The minimum atomic E-state index is -0.574. The molecule has 7 heteroatoms. The molecule has 28 heavy (non-hydrogen) atoms. The Morgan fingerprint density at radius 2 is 1.61 bits per heavy atom. The largest absolute Gasteiger partial charge is 0.337 e. The molecule has 1 saturated heterocycles. The Labute approximate surface area is 167 Å². The Morgan fingerprint density at radius 3 is 2.29 bits per heavy atom. The molecule has 0 spiro atoms. The summed E-state index contributed by atoms with van der Waals surface area (Å²) in [5.41, 5.74) is 1.29. The molecule has 3 aromatic rings. The lowest BCUT2D eigenvalue weighted by molar-refractivity contribution is 0.0746. The average molecular weight is 397 g/mol. The summed E-state index contributed by atoms with van der Waals surface area (Å²) in [6, 6.07) is 14.1. The molecule has 1 aliphatic heterocycles. The van der Waals surface area contributed by atoms with Crippen molar-refractivity contribution in [2.45, 2.75) is 0 Å². The fraction of sp³-hybridized carbons (Fsp3) is 0.190. The van der Waals surface area contributed by atoms with Gasteiger partial charge in [-0.15, -0.1) is 0 Å². The highest BCUT2D eigenvalue weighted by atomic mass is 35.5. The molecule has 0 radical (unpaired) electrons. The first-order chi connectivity index (χ1) is 13.6. The first kappa shape index (κ1) is 18.4. The number of carbonyl (C=O) groups is 1. The van der Waals surface area contributed by atoms with Crippen molar-refractivity contribution in [2.24, 2.45) is 0 Å². The first-order valence-electron chi connectivity index (χ1n) is 9.00. The van der Waals surface area contributed by atoms with Crippen molar-refractivity contribution in [3.8, 4) is 11.1 Å². The molecule has 0 aliphatic carbocycles. The molecule has 1 amide bonds. The zero-order valence-corrected chi connectivity index (χ0v) is 15.8. The predicted octanol–water partition coefficient (Wildman–Crippen LogP) is 3.90. The van der Waals surface area contributed by atoms with Crippen molar-refractivity contribution in [2.75, 3.05) is 31.1 Å². The number of anilines is 1. The summed E-state index contributed by atoms with van der Waals surface area (Å²) in [6.07, 6.45) is 3.38. The minimum absolute atomic E-state index is 0.139. The summed E-state index contributed by atoms with van der Waals surface area (Å²) in [5.74, 6) is -0.196. The van der Waals surface area contributed by atoms with Crippen molar-refractivity contribution in [1.82, 2.24) is 14.9 Å². The quantitative estimate of drug-likeness (QED) is 0.673. The molecular formula is C21H18ClFN4O. The predicted molar refractivity (Wildman–Crippen MR) is 107 cm³/mol. The highest BCUT2D eigenvalue weighted by molar-refractivity contribution is 6.34. The van der Waals surface area contributed by atoms with E-state index in [0.29, 0.717) is 37.7 Å². The Bertz CT molecular complexity index is 976. The lowest BCUT2D eigenvalue weighted by atomic mass is 10.0. The van der Waals surface area contributed by atoms with E-state index in [4.69, 9.17) is 11.6 Å². The highest BCUT2D eigenvalue weighted by Crippen LogP contribution is 2.31. The Kier molecular flexibility index (Phi) is 5.21. The van der Waals surface area contributed by atoms with E-state index in [1.807, 2.05) is 23.1 Å². The molecule has 142 valence electrons. The summed E-state index contributed by atoms with van der Waals surface area (Å²) in [4.78, 5) is 25.1. The third-order valence-electron chi connectivity index (χ3n) is 4.80. The van der Waals surface area contributed by atoms with Crippen molar-refractivity contribution in [3.63, 3.8) is 0 Å². The number of rotatable bonds is 3. The number of nitrogens with zero attached hydrogens (tertiary/aromatic N) is 4. The van der Waals surface area contributed by atoms with Crippen molar-refractivity contribution in [3.05, 3.63) is 77.3 Å². The topological polar surface area (TPSA) is 49.3 Å². The number of hydrogen-bond donors (Lipinski definition) is 0. The van der Waals surface area contributed by atoms with Gasteiger partial charge in [-0.05, 0) is 17.7 Å².